The Bertz CT molecular complexity index is 1140. The average molecular weight is 635 g/mol. The fourth-order valence-corrected chi connectivity index (χ4v) is 4.19. The minimum Gasteiger partial charge on any atom is -0.394 e. The van der Waals surface area contributed by atoms with Gasteiger partial charge in [-0.1, -0.05) is 91.0 Å². The Balaban J connectivity index is 0.000000330. The van der Waals surface area contributed by atoms with Crippen LogP contribution in [0.5, 0.6) is 0 Å². The lowest BCUT2D eigenvalue weighted by atomic mass is 9.95. The lowest BCUT2D eigenvalue weighted by Crippen LogP contribution is -2.51. The normalized spacial score (nSPS) is 17.5. The highest BCUT2D eigenvalue weighted by Crippen LogP contribution is 2.17. The Morgan fingerprint density at radius 2 is 0.844 bits per heavy atom. The zero-order valence-corrected chi connectivity index (χ0v) is 24.9. The standard InChI is InChI=1S/C20H26O6.C13H20O6/c21-12-16(22)18(23)20(25)19(24)17(11-14-7-3-1-4-8-14)26-13-15-9-5-2-6-10-15;14-6-10(15)12(17)13(18)11(16)8-19-7-9-4-2-1-3-5-9/h1-10,16-25H,11-13H2;1-5,10-18H,6-8H2. The van der Waals surface area contributed by atoms with E-state index in [4.69, 9.17) is 24.8 Å². The molecule has 0 aliphatic carbocycles. The first-order valence-electron chi connectivity index (χ1n) is 14.6. The second-order valence-electron chi connectivity index (χ2n) is 10.5. The SMILES string of the molecule is OCC(O)C(O)C(O)C(O)C(Cc1ccccc1)OCc1ccccc1.OCC(O)C(O)C(O)C(O)COCc1ccccc1. The molecule has 0 radical (unpaired) electrons. The first-order valence-corrected chi connectivity index (χ1v) is 14.6. The molecule has 3 aromatic rings. The number of aliphatic hydroxyl groups is 10. The quantitative estimate of drug-likeness (QED) is 0.0805. The van der Waals surface area contributed by atoms with Crippen molar-refractivity contribution in [1.82, 2.24) is 0 Å². The van der Waals surface area contributed by atoms with Crippen LogP contribution in [-0.4, -0.2) is 126 Å². The van der Waals surface area contributed by atoms with Crippen molar-refractivity contribution >= 4 is 0 Å². The summed E-state index contributed by atoms with van der Waals surface area (Å²) in [7, 11) is 0. The molecule has 12 heteroatoms. The van der Waals surface area contributed by atoms with Gasteiger partial charge in [0.25, 0.3) is 0 Å². The molecule has 0 spiro atoms. The zero-order chi connectivity index (χ0) is 33.2. The van der Waals surface area contributed by atoms with Gasteiger partial charge in [0.2, 0.25) is 0 Å². The molecule has 3 rings (SSSR count). The second kappa shape index (κ2) is 21.1. The van der Waals surface area contributed by atoms with Gasteiger partial charge in [-0.25, -0.2) is 0 Å². The second-order valence-corrected chi connectivity index (χ2v) is 10.5. The number of rotatable bonds is 18. The van der Waals surface area contributed by atoms with Crippen LogP contribution in [0.2, 0.25) is 0 Å². The van der Waals surface area contributed by atoms with Crippen LogP contribution in [0.25, 0.3) is 0 Å². The van der Waals surface area contributed by atoms with Gasteiger partial charge >= 0.3 is 0 Å². The Morgan fingerprint density at radius 1 is 0.444 bits per heavy atom. The molecule has 0 saturated heterocycles. The number of ether oxygens (including phenoxy) is 2. The molecule has 0 saturated carbocycles. The maximum atomic E-state index is 10.5. The highest BCUT2D eigenvalue weighted by molar-refractivity contribution is 5.17. The molecule has 0 aliphatic rings. The van der Waals surface area contributed by atoms with E-state index in [1.165, 1.54) is 0 Å². The van der Waals surface area contributed by atoms with Crippen LogP contribution in [0.1, 0.15) is 16.7 Å². The molecule has 9 unspecified atom stereocenters. The Kier molecular flexibility index (Phi) is 18.0. The van der Waals surface area contributed by atoms with Gasteiger partial charge in [0.05, 0.1) is 39.1 Å². The van der Waals surface area contributed by atoms with Crippen molar-refractivity contribution in [3.63, 3.8) is 0 Å². The van der Waals surface area contributed by atoms with E-state index in [0.29, 0.717) is 6.42 Å². The summed E-state index contributed by atoms with van der Waals surface area (Å²) in [6.45, 7) is -1.12. The van der Waals surface area contributed by atoms with E-state index in [9.17, 15) is 35.7 Å². The van der Waals surface area contributed by atoms with Crippen molar-refractivity contribution in [3.05, 3.63) is 108 Å². The van der Waals surface area contributed by atoms with Crippen LogP contribution in [-0.2, 0) is 29.1 Å². The van der Waals surface area contributed by atoms with Crippen LogP contribution in [0, 0.1) is 0 Å². The van der Waals surface area contributed by atoms with Gasteiger partial charge in [-0.2, -0.15) is 0 Å². The molecular formula is C33H46O12. The third-order valence-electron chi connectivity index (χ3n) is 6.97. The molecule has 250 valence electrons. The van der Waals surface area contributed by atoms with Gasteiger partial charge in [-0.15, -0.1) is 0 Å². The highest BCUT2D eigenvalue weighted by atomic mass is 16.5. The minimum absolute atomic E-state index is 0.189. The van der Waals surface area contributed by atoms with Gasteiger partial charge < -0.3 is 60.5 Å². The van der Waals surface area contributed by atoms with E-state index in [2.05, 4.69) is 0 Å². The van der Waals surface area contributed by atoms with Crippen molar-refractivity contribution < 1.29 is 60.5 Å². The maximum absolute atomic E-state index is 10.5. The average Bonchev–Trinajstić information content (AvgIpc) is 3.09. The third kappa shape index (κ3) is 13.6. The number of aliphatic hydroxyl groups excluding tert-OH is 10. The molecule has 0 heterocycles. The Hall–Kier alpha value is -2.82. The van der Waals surface area contributed by atoms with Crippen LogP contribution in [0.4, 0.5) is 0 Å². The van der Waals surface area contributed by atoms with Crippen molar-refractivity contribution in [1.29, 1.82) is 0 Å². The van der Waals surface area contributed by atoms with E-state index in [-0.39, 0.29) is 19.8 Å². The summed E-state index contributed by atoms with van der Waals surface area (Å²) in [6, 6.07) is 28.0. The summed E-state index contributed by atoms with van der Waals surface area (Å²) in [6.07, 6.45) is -12.9. The molecule has 9 atom stereocenters. The van der Waals surface area contributed by atoms with E-state index in [0.717, 1.165) is 16.7 Å². The first kappa shape index (κ1) is 38.4. The van der Waals surface area contributed by atoms with E-state index in [1.54, 1.807) is 0 Å². The number of hydrogen-bond donors (Lipinski definition) is 10. The van der Waals surface area contributed by atoms with Crippen molar-refractivity contribution in [2.45, 2.75) is 74.6 Å². The summed E-state index contributed by atoms with van der Waals surface area (Å²) in [5.41, 5.74) is 2.72. The molecule has 0 bridgehead atoms. The molecule has 0 aliphatic heterocycles. The molecular weight excluding hydrogens is 588 g/mol. The molecule has 12 nitrogen and oxygen atoms in total. The fraction of sp³-hybridized carbons (Fsp3) is 0.455. The summed E-state index contributed by atoms with van der Waals surface area (Å²) in [4.78, 5) is 0. The van der Waals surface area contributed by atoms with Crippen LogP contribution in [0.3, 0.4) is 0 Å². The van der Waals surface area contributed by atoms with Gasteiger partial charge in [0.1, 0.15) is 48.8 Å². The van der Waals surface area contributed by atoms with E-state index in [1.807, 2.05) is 91.0 Å². The maximum Gasteiger partial charge on any atom is 0.111 e. The largest absolute Gasteiger partial charge is 0.394 e. The summed E-state index contributed by atoms with van der Waals surface area (Å²) in [5, 5.41) is 95.3. The molecule has 0 amide bonds. The lowest BCUT2D eigenvalue weighted by molar-refractivity contribution is -0.152. The van der Waals surface area contributed by atoms with E-state index < -0.39 is 68.1 Å². The smallest absolute Gasteiger partial charge is 0.111 e. The summed E-state index contributed by atoms with van der Waals surface area (Å²) >= 11 is 0. The predicted molar refractivity (Wildman–Crippen MR) is 163 cm³/mol. The summed E-state index contributed by atoms with van der Waals surface area (Å²) in [5.74, 6) is 0. The van der Waals surface area contributed by atoms with Gasteiger partial charge in [0.15, 0.2) is 0 Å². The van der Waals surface area contributed by atoms with Crippen LogP contribution < -0.4 is 0 Å². The van der Waals surface area contributed by atoms with Crippen molar-refractivity contribution in [3.8, 4) is 0 Å². The van der Waals surface area contributed by atoms with Gasteiger partial charge in [-0.3, -0.25) is 0 Å². The van der Waals surface area contributed by atoms with Gasteiger partial charge in [-0.05, 0) is 16.7 Å². The predicted octanol–water partition coefficient (Wildman–Crippen LogP) is -1.11. The molecule has 45 heavy (non-hydrogen) atoms. The Labute approximate surface area is 262 Å². The molecule has 3 aromatic carbocycles. The third-order valence-corrected chi connectivity index (χ3v) is 6.97. The topological polar surface area (TPSA) is 221 Å². The first-order chi connectivity index (χ1) is 21.6. The van der Waals surface area contributed by atoms with Gasteiger partial charge in [0, 0.05) is 6.42 Å². The molecule has 0 fully saturated rings. The minimum atomic E-state index is -1.69. The number of hydrogen-bond acceptors (Lipinski definition) is 12. The molecule has 0 aromatic heterocycles. The van der Waals surface area contributed by atoms with Crippen LogP contribution >= 0.6 is 0 Å². The van der Waals surface area contributed by atoms with Crippen molar-refractivity contribution in [2.24, 2.45) is 0 Å². The molecule has 10 N–H and O–H groups in total. The highest BCUT2D eigenvalue weighted by Gasteiger charge is 2.35. The lowest BCUT2D eigenvalue weighted by Gasteiger charge is -2.31. The monoisotopic (exact) mass is 634 g/mol. The zero-order valence-electron chi connectivity index (χ0n) is 24.9. The number of benzene rings is 3. The van der Waals surface area contributed by atoms with Crippen molar-refractivity contribution in [2.75, 3.05) is 19.8 Å². The fourth-order valence-electron chi connectivity index (χ4n) is 4.19. The summed E-state index contributed by atoms with van der Waals surface area (Å²) < 4.78 is 11.0. The van der Waals surface area contributed by atoms with Crippen LogP contribution in [0.15, 0.2) is 91.0 Å². The Morgan fingerprint density at radius 3 is 1.31 bits per heavy atom. The van der Waals surface area contributed by atoms with E-state index >= 15 is 0 Å².